The molecule has 1 N–H and O–H groups in total. The maximum absolute atomic E-state index is 3.36. The second kappa shape index (κ2) is 4.94. The lowest BCUT2D eigenvalue weighted by molar-refractivity contribution is 0.104. The van der Waals surface area contributed by atoms with Gasteiger partial charge in [0.25, 0.3) is 0 Å². The van der Waals surface area contributed by atoms with Crippen LogP contribution in [0.3, 0.4) is 0 Å². The maximum Gasteiger partial charge on any atom is 0.0194 e. The minimum Gasteiger partial charge on any atom is -0.313 e. The summed E-state index contributed by atoms with van der Waals surface area (Å²) in [5, 5.41) is 3.36. The molecular formula is C12H22N2. The molecule has 0 atom stereocenters. The molecule has 0 unspecified atom stereocenters. The lowest BCUT2D eigenvalue weighted by Crippen LogP contribution is -2.47. The Balaban J connectivity index is 1.65. The molecule has 1 fully saturated rings. The van der Waals surface area contributed by atoms with Gasteiger partial charge in [0.15, 0.2) is 0 Å². The zero-order valence-corrected chi connectivity index (χ0v) is 9.26. The van der Waals surface area contributed by atoms with E-state index in [9.17, 15) is 0 Å². The van der Waals surface area contributed by atoms with Crippen LogP contribution in [0.25, 0.3) is 0 Å². The van der Waals surface area contributed by atoms with Gasteiger partial charge >= 0.3 is 0 Å². The van der Waals surface area contributed by atoms with Crippen molar-refractivity contribution in [3.05, 3.63) is 11.6 Å². The average molecular weight is 194 g/mol. The molecule has 80 valence electrons. The SMILES string of the molecule is CCCC1CN(CC2=CCNCC2)C1. The minimum absolute atomic E-state index is 1.00. The number of likely N-dealkylation sites (tertiary alicyclic amines) is 1. The lowest BCUT2D eigenvalue weighted by Gasteiger charge is -2.40. The third kappa shape index (κ3) is 2.58. The summed E-state index contributed by atoms with van der Waals surface area (Å²) >= 11 is 0. The minimum atomic E-state index is 1.00. The van der Waals surface area contributed by atoms with Crippen molar-refractivity contribution in [3.63, 3.8) is 0 Å². The van der Waals surface area contributed by atoms with Crippen molar-refractivity contribution in [1.82, 2.24) is 10.2 Å². The van der Waals surface area contributed by atoms with Gasteiger partial charge in [0.05, 0.1) is 0 Å². The molecule has 0 bridgehead atoms. The molecule has 0 aromatic carbocycles. The van der Waals surface area contributed by atoms with Crippen molar-refractivity contribution in [3.8, 4) is 0 Å². The van der Waals surface area contributed by atoms with Crippen LogP contribution in [0.1, 0.15) is 26.2 Å². The number of nitrogens with one attached hydrogen (secondary N) is 1. The van der Waals surface area contributed by atoms with Gasteiger partial charge in [0.1, 0.15) is 0 Å². The highest BCUT2D eigenvalue weighted by atomic mass is 15.2. The molecule has 0 saturated carbocycles. The number of rotatable bonds is 4. The van der Waals surface area contributed by atoms with E-state index in [2.05, 4.69) is 23.2 Å². The molecule has 2 heterocycles. The molecule has 2 aliphatic heterocycles. The number of nitrogens with zero attached hydrogens (tertiary/aromatic N) is 1. The summed E-state index contributed by atoms with van der Waals surface area (Å²) in [5.74, 6) is 1.00. The van der Waals surface area contributed by atoms with E-state index in [1.807, 2.05) is 0 Å². The highest BCUT2D eigenvalue weighted by Crippen LogP contribution is 2.22. The van der Waals surface area contributed by atoms with Gasteiger partial charge in [-0.25, -0.2) is 0 Å². The van der Waals surface area contributed by atoms with Crippen molar-refractivity contribution >= 4 is 0 Å². The van der Waals surface area contributed by atoms with Crippen molar-refractivity contribution in [2.24, 2.45) is 5.92 Å². The molecule has 1 saturated heterocycles. The van der Waals surface area contributed by atoms with E-state index in [-0.39, 0.29) is 0 Å². The Labute approximate surface area is 87.4 Å². The molecule has 2 heteroatoms. The highest BCUT2D eigenvalue weighted by Gasteiger charge is 2.25. The van der Waals surface area contributed by atoms with E-state index < -0.39 is 0 Å². The molecule has 14 heavy (non-hydrogen) atoms. The summed E-state index contributed by atoms with van der Waals surface area (Å²) in [6, 6.07) is 0. The zero-order valence-electron chi connectivity index (χ0n) is 9.26. The molecule has 0 amide bonds. The Bertz CT molecular complexity index is 204. The zero-order chi connectivity index (χ0) is 9.80. The Kier molecular flexibility index (Phi) is 3.60. The first-order chi connectivity index (χ1) is 6.88. The average Bonchev–Trinajstić information content (AvgIpc) is 2.16. The Morgan fingerprint density at radius 3 is 3.00 bits per heavy atom. The van der Waals surface area contributed by atoms with Crippen LogP contribution in [0.5, 0.6) is 0 Å². The molecule has 0 aliphatic carbocycles. The van der Waals surface area contributed by atoms with Crippen LogP contribution in [-0.4, -0.2) is 37.6 Å². The summed E-state index contributed by atoms with van der Waals surface area (Å²) < 4.78 is 0. The van der Waals surface area contributed by atoms with Gasteiger partial charge in [-0.1, -0.05) is 25.0 Å². The summed E-state index contributed by atoms with van der Waals surface area (Å²) in [6.07, 6.45) is 6.41. The number of hydrogen-bond acceptors (Lipinski definition) is 2. The van der Waals surface area contributed by atoms with Gasteiger partial charge in [-0.3, -0.25) is 4.90 Å². The van der Waals surface area contributed by atoms with Gasteiger partial charge < -0.3 is 5.32 Å². The third-order valence-electron chi connectivity index (χ3n) is 3.31. The second-order valence-electron chi connectivity index (χ2n) is 4.67. The van der Waals surface area contributed by atoms with Gasteiger partial charge in [0, 0.05) is 26.2 Å². The fourth-order valence-electron chi connectivity index (χ4n) is 2.50. The first kappa shape index (κ1) is 10.2. The quantitative estimate of drug-likeness (QED) is 0.684. The predicted octanol–water partition coefficient (Wildman–Crippen LogP) is 1.64. The van der Waals surface area contributed by atoms with Crippen molar-refractivity contribution < 1.29 is 0 Å². The molecule has 2 rings (SSSR count). The monoisotopic (exact) mass is 194 g/mol. The standard InChI is InChI=1S/C12H22N2/c1-2-3-12-9-14(10-12)8-11-4-6-13-7-5-11/h4,12-13H,2-3,5-10H2,1H3. The first-order valence-electron chi connectivity index (χ1n) is 5.99. The fraction of sp³-hybridized carbons (Fsp3) is 0.833. The fourth-order valence-corrected chi connectivity index (χ4v) is 2.50. The summed E-state index contributed by atoms with van der Waals surface area (Å²) in [5.41, 5.74) is 1.65. The van der Waals surface area contributed by atoms with Crippen LogP contribution in [-0.2, 0) is 0 Å². The lowest BCUT2D eigenvalue weighted by atomic mass is 9.94. The molecule has 2 aliphatic rings. The summed E-state index contributed by atoms with van der Waals surface area (Å²) in [4.78, 5) is 2.59. The predicted molar refractivity (Wildman–Crippen MR) is 60.4 cm³/mol. The van der Waals surface area contributed by atoms with Crippen LogP contribution in [0.2, 0.25) is 0 Å². The van der Waals surface area contributed by atoms with Gasteiger partial charge in [-0.15, -0.1) is 0 Å². The second-order valence-corrected chi connectivity index (χ2v) is 4.67. The van der Waals surface area contributed by atoms with E-state index in [1.54, 1.807) is 5.57 Å². The van der Waals surface area contributed by atoms with E-state index in [0.29, 0.717) is 0 Å². The first-order valence-corrected chi connectivity index (χ1v) is 5.99. The molecular weight excluding hydrogens is 172 g/mol. The van der Waals surface area contributed by atoms with E-state index in [1.165, 1.54) is 45.4 Å². The summed E-state index contributed by atoms with van der Waals surface area (Å²) in [7, 11) is 0. The van der Waals surface area contributed by atoms with Crippen molar-refractivity contribution in [2.75, 3.05) is 32.7 Å². The molecule has 0 aromatic rings. The van der Waals surface area contributed by atoms with Gasteiger partial charge in [-0.2, -0.15) is 0 Å². The van der Waals surface area contributed by atoms with Gasteiger partial charge in [0.2, 0.25) is 0 Å². The van der Waals surface area contributed by atoms with E-state index in [4.69, 9.17) is 0 Å². The van der Waals surface area contributed by atoms with E-state index in [0.717, 1.165) is 12.5 Å². The van der Waals surface area contributed by atoms with E-state index >= 15 is 0 Å². The Morgan fingerprint density at radius 1 is 1.50 bits per heavy atom. The van der Waals surface area contributed by atoms with Crippen LogP contribution in [0.4, 0.5) is 0 Å². The van der Waals surface area contributed by atoms with Crippen LogP contribution in [0, 0.1) is 5.92 Å². The van der Waals surface area contributed by atoms with Crippen molar-refractivity contribution in [2.45, 2.75) is 26.2 Å². The topological polar surface area (TPSA) is 15.3 Å². The van der Waals surface area contributed by atoms with Crippen molar-refractivity contribution in [1.29, 1.82) is 0 Å². The van der Waals surface area contributed by atoms with Gasteiger partial charge in [-0.05, 0) is 25.3 Å². The Hall–Kier alpha value is -0.340. The molecule has 2 nitrogen and oxygen atoms in total. The highest BCUT2D eigenvalue weighted by molar-refractivity contribution is 5.09. The molecule has 0 radical (unpaired) electrons. The Morgan fingerprint density at radius 2 is 2.36 bits per heavy atom. The smallest absolute Gasteiger partial charge is 0.0194 e. The normalized spacial score (nSPS) is 24.5. The summed E-state index contributed by atoms with van der Waals surface area (Å²) in [6.45, 7) is 8.48. The maximum atomic E-state index is 3.36. The molecule has 0 spiro atoms. The molecule has 0 aromatic heterocycles. The third-order valence-corrected chi connectivity index (χ3v) is 3.31. The van der Waals surface area contributed by atoms with Crippen LogP contribution in [0.15, 0.2) is 11.6 Å². The van der Waals surface area contributed by atoms with Crippen LogP contribution < -0.4 is 5.32 Å². The number of hydrogen-bond donors (Lipinski definition) is 1. The van der Waals surface area contributed by atoms with Crippen LogP contribution >= 0.6 is 0 Å². The largest absolute Gasteiger partial charge is 0.313 e.